The quantitative estimate of drug-likeness (QED) is 0.351. The molecular formula is C28H28F2N6O. The second-order valence-electron chi connectivity index (χ2n) is 10.4. The SMILES string of the molecule is Cc1nc2nc([C@@H]3CCO[C@@H](c4cnn(C5CC5)c4)C3)nc(-c3ccc(F)cc3F)c2cc1N1CCC1. The molecule has 3 aromatic heterocycles. The van der Waals surface area contributed by atoms with Gasteiger partial charge in [0.15, 0.2) is 5.65 Å². The van der Waals surface area contributed by atoms with E-state index in [-0.39, 0.29) is 17.6 Å². The molecule has 7 nitrogen and oxygen atoms in total. The monoisotopic (exact) mass is 502 g/mol. The maximum atomic E-state index is 15.0. The lowest BCUT2D eigenvalue weighted by Crippen LogP contribution is -2.37. The summed E-state index contributed by atoms with van der Waals surface area (Å²) >= 11 is 0. The molecule has 1 aliphatic carbocycles. The number of nitrogens with zero attached hydrogens (tertiary/aromatic N) is 6. The highest BCUT2D eigenvalue weighted by atomic mass is 19.1. The second-order valence-corrected chi connectivity index (χ2v) is 10.4. The van der Waals surface area contributed by atoms with Gasteiger partial charge in [0.05, 0.1) is 35.4 Å². The van der Waals surface area contributed by atoms with Crippen molar-refractivity contribution in [1.82, 2.24) is 24.7 Å². The molecule has 5 heterocycles. The number of ether oxygens (including phenoxy) is 1. The van der Waals surface area contributed by atoms with E-state index in [2.05, 4.69) is 16.2 Å². The molecule has 2 atom stereocenters. The maximum absolute atomic E-state index is 15.0. The summed E-state index contributed by atoms with van der Waals surface area (Å²) in [7, 11) is 0. The molecule has 3 fully saturated rings. The van der Waals surface area contributed by atoms with Crippen LogP contribution >= 0.6 is 0 Å². The van der Waals surface area contributed by atoms with E-state index in [1.807, 2.05) is 23.9 Å². The van der Waals surface area contributed by atoms with Gasteiger partial charge >= 0.3 is 0 Å². The lowest BCUT2D eigenvalue weighted by Gasteiger charge is -2.34. The molecule has 3 aliphatic rings. The van der Waals surface area contributed by atoms with Crippen LogP contribution in [0.25, 0.3) is 22.3 Å². The van der Waals surface area contributed by atoms with Gasteiger partial charge in [-0.2, -0.15) is 5.10 Å². The molecule has 1 saturated carbocycles. The van der Waals surface area contributed by atoms with Crippen molar-refractivity contribution in [2.75, 3.05) is 24.6 Å². The van der Waals surface area contributed by atoms with Crippen LogP contribution in [0.5, 0.6) is 0 Å². The molecule has 2 aliphatic heterocycles. The summed E-state index contributed by atoms with van der Waals surface area (Å²) in [6.07, 6.45) is 8.84. The molecule has 7 rings (SSSR count). The first kappa shape index (κ1) is 22.7. The first-order valence-electron chi connectivity index (χ1n) is 13.1. The van der Waals surface area contributed by atoms with E-state index >= 15 is 4.39 Å². The molecule has 4 aromatic rings. The van der Waals surface area contributed by atoms with Crippen molar-refractivity contribution in [3.8, 4) is 11.3 Å². The maximum Gasteiger partial charge on any atom is 0.163 e. The Morgan fingerprint density at radius 3 is 2.65 bits per heavy atom. The zero-order chi connectivity index (χ0) is 25.1. The minimum absolute atomic E-state index is 0.0202. The Morgan fingerprint density at radius 1 is 1.03 bits per heavy atom. The number of pyridine rings is 1. The van der Waals surface area contributed by atoms with Crippen molar-refractivity contribution in [3.05, 3.63) is 65.4 Å². The van der Waals surface area contributed by atoms with Crippen LogP contribution in [0, 0.1) is 18.6 Å². The summed E-state index contributed by atoms with van der Waals surface area (Å²) in [6.45, 7) is 4.49. The Bertz CT molecular complexity index is 1500. The molecule has 0 radical (unpaired) electrons. The molecule has 37 heavy (non-hydrogen) atoms. The summed E-state index contributed by atoms with van der Waals surface area (Å²) in [5.74, 6) is -0.618. The van der Waals surface area contributed by atoms with Gasteiger partial charge in [0.25, 0.3) is 0 Å². The minimum Gasteiger partial charge on any atom is -0.373 e. The van der Waals surface area contributed by atoms with E-state index in [4.69, 9.17) is 19.7 Å². The van der Waals surface area contributed by atoms with Crippen molar-refractivity contribution in [2.45, 2.75) is 57.1 Å². The number of fused-ring (bicyclic) bond motifs is 1. The topological polar surface area (TPSA) is 69.0 Å². The third-order valence-electron chi connectivity index (χ3n) is 7.81. The number of hydrogen-bond donors (Lipinski definition) is 0. The predicted molar refractivity (Wildman–Crippen MR) is 135 cm³/mol. The molecule has 0 N–H and O–H groups in total. The van der Waals surface area contributed by atoms with Crippen molar-refractivity contribution >= 4 is 16.7 Å². The summed E-state index contributed by atoms with van der Waals surface area (Å²) in [5.41, 5.74) is 4.21. The number of rotatable bonds is 5. The molecule has 2 saturated heterocycles. The molecular weight excluding hydrogens is 474 g/mol. The Kier molecular flexibility index (Phi) is 5.42. The highest BCUT2D eigenvalue weighted by Crippen LogP contribution is 2.40. The van der Waals surface area contributed by atoms with Crippen LogP contribution in [0.1, 0.15) is 67.2 Å². The van der Waals surface area contributed by atoms with Gasteiger partial charge in [0.2, 0.25) is 0 Å². The number of anilines is 1. The van der Waals surface area contributed by atoms with Gasteiger partial charge in [0, 0.05) is 54.4 Å². The van der Waals surface area contributed by atoms with Crippen LogP contribution in [0.2, 0.25) is 0 Å². The number of halogens is 2. The zero-order valence-electron chi connectivity index (χ0n) is 20.7. The van der Waals surface area contributed by atoms with Gasteiger partial charge in [-0.05, 0) is 57.2 Å². The molecule has 0 spiro atoms. The van der Waals surface area contributed by atoms with Crippen LogP contribution in [-0.4, -0.2) is 44.4 Å². The molecule has 9 heteroatoms. The van der Waals surface area contributed by atoms with Crippen LogP contribution in [0.15, 0.2) is 36.7 Å². The molecule has 0 amide bonds. The van der Waals surface area contributed by atoms with E-state index in [1.165, 1.54) is 25.0 Å². The van der Waals surface area contributed by atoms with Crippen LogP contribution in [-0.2, 0) is 4.74 Å². The van der Waals surface area contributed by atoms with E-state index in [9.17, 15) is 4.39 Å². The Labute approximate surface area is 213 Å². The fourth-order valence-corrected chi connectivity index (χ4v) is 5.42. The number of aromatic nitrogens is 5. The first-order valence-corrected chi connectivity index (χ1v) is 13.1. The highest BCUT2D eigenvalue weighted by molar-refractivity contribution is 5.93. The third-order valence-corrected chi connectivity index (χ3v) is 7.81. The zero-order valence-corrected chi connectivity index (χ0v) is 20.7. The average molecular weight is 503 g/mol. The molecule has 0 unspecified atom stereocenters. The summed E-state index contributed by atoms with van der Waals surface area (Å²) < 4.78 is 37.0. The highest BCUT2D eigenvalue weighted by Gasteiger charge is 2.31. The van der Waals surface area contributed by atoms with Crippen LogP contribution < -0.4 is 4.90 Å². The molecule has 0 bridgehead atoms. The van der Waals surface area contributed by atoms with Gasteiger partial charge in [-0.25, -0.2) is 23.7 Å². The largest absolute Gasteiger partial charge is 0.373 e. The normalized spacial score (nSPS) is 21.9. The van der Waals surface area contributed by atoms with Crippen LogP contribution in [0.3, 0.4) is 0 Å². The lowest BCUT2D eigenvalue weighted by atomic mass is 9.92. The lowest BCUT2D eigenvalue weighted by molar-refractivity contribution is 0.00396. The fraction of sp³-hybridized carbons (Fsp3) is 0.429. The third kappa shape index (κ3) is 4.15. The number of hydrogen-bond acceptors (Lipinski definition) is 6. The van der Waals surface area contributed by atoms with Gasteiger partial charge < -0.3 is 9.64 Å². The standard InChI is InChI=1S/C28H28F2N6O/c1-16-24(35-8-2-9-35)13-22-26(21-6-3-19(29)12-23(21)30)33-27(34-28(22)32-16)17-7-10-37-25(11-17)18-14-31-36(15-18)20-4-5-20/h3,6,12-15,17,20,25H,2,4-5,7-11H2,1H3/t17-,25-/m1/s1. The van der Waals surface area contributed by atoms with Crippen LogP contribution in [0.4, 0.5) is 14.5 Å². The Morgan fingerprint density at radius 2 is 1.89 bits per heavy atom. The molecule has 1 aromatic carbocycles. The van der Waals surface area contributed by atoms with Gasteiger partial charge in [0.1, 0.15) is 17.5 Å². The van der Waals surface area contributed by atoms with Crippen molar-refractivity contribution < 1.29 is 13.5 Å². The minimum atomic E-state index is -0.644. The summed E-state index contributed by atoms with van der Waals surface area (Å²) in [5, 5.41) is 5.20. The first-order chi connectivity index (χ1) is 18.0. The summed E-state index contributed by atoms with van der Waals surface area (Å²) in [4.78, 5) is 16.9. The van der Waals surface area contributed by atoms with Gasteiger partial charge in [-0.3, -0.25) is 4.68 Å². The fourth-order valence-electron chi connectivity index (χ4n) is 5.42. The van der Waals surface area contributed by atoms with Crippen molar-refractivity contribution in [3.63, 3.8) is 0 Å². The van der Waals surface area contributed by atoms with E-state index in [0.29, 0.717) is 41.6 Å². The Balaban J connectivity index is 1.30. The number of aryl methyl sites for hydroxylation is 1. The van der Waals surface area contributed by atoms with Gasteiger partial charge in [-0.15, -0.1) is 0 Å². The second kappa shape index (κ2) is 8.83. The summed E-state index contributed by atoms with van der Waals surface area (Å²) in [6, 6.07) is 6.16. The van der Waals surface area contributed by atoms with E-state index < -0.39 is 11.6 Å². The van der Waals surface area contributed by atoms with E-state index in [0.717, 1.165) is 48.9 Å². The van der Waals surface area contributed by atoms with E-state index in [1.54, 1.807) is 0 Å². The smallest absolute Gasteiger partial charge is 0.163 e. The Hall–Kier alpha value is -3.46. The van der Waals surface area contributed by atoms with Gasteiger partial charge in [-0.1, -0.05) is 0 Å². The van der Waals surface area contributed by atoms with Crippen molar-refractivity contribution in [2.24, 2.45) is 0 Å². The number of benzene rings is 1. The predicted octanol–water partition coefficient (Wildman–Crippen LogP) is 5.66. The van der Waals surface area contributed by atoms with Crippen molar-refractivity contribution in [1.29, 1.82) is 0 Å². The average Bonchev–Trinajstić information content (AvgIpc) is 3.59. The molecule has 190 valence electrons.